The average molecular weight is 346 g/mol. The van der Waals surface area contributed by atoms with E-state index in [1.807, 2.05) is 0 Å². The van der Waals surface area contributed by atoms with Crippen LogP contribution >= 0.6 is 0 Å². The van der Waals surface area contributed by atoms with Gasteiger partial charge in [-0.3, -0.25) is 9.69 Å². The van der Waals surface area contributed by atoms with E-state index in [1.165, 1.54) is 0 Å². The van der Waals surface area contributed by atoms with Crippen LogP contribution in [0.3, 0.4) is 0 Å². The molecule has 0 bridgehead atoms. The topological polar surface area (TPSA) is 67.9 Å². The maximum absolute atomic E-state index is 12.2. The average Bonchev–Trinajstić information content (AvgIpc) is 3.37. The van der Waals surface area contributed by atoms with Crippen molar-refractivity contribution in [1.29, 1.82) is 0 Å². The van der Waals surface area contributed by atoms with Crippen molar-refractivity contribution in [3.05, 3.63) is 29.8 Å². The minimum Gasteiger partial charge on any atom is -0.460 e. The first-order valence-electron chi connectivity index (χ1n) is 8.94. The van der Waals surface area contributed by atoms with Gasteiger partial charge in [0.05, 0.1) is 18.8 Å². The van der Waals surface area contributed by atoms with Crippen LogP contribution in [0.25, 0.3) is 0 Å². The lowest BCUT2D eigenvalue weighted by Gasteiger charge is -2.31. The molecule has 1 saturated heterocycles. The Morgan fingerprint density at radius 1 is 1.28 bits per heavy atom. The molecule has 1 aliphatic heterocycles. The van der Waals surface area contributed by atoms with Crippen LogP contribution in [0.5, 0.6) is 0 Å². The quantitative estimate of drug-likeness (QED) is 0.800. The fourth-order valence-electron chi connectivity index (χ4n) is 3.02. The number of benzene rings is 1. The third kappa shape index (κ3) is 4.80. The number of hydrogen-bond donors (Lipinski definition) is 1. The van der Waals surface area contributed by atoms with Crippen molar-refractivity contribution >= 4 is 17.6 Å². The van der Waals surface area contributed by atoms with Crippen LogP contribution in [0.1, 0.15) is 30.6 Å². The number of carbonyl (C=O) groups is 2. The van der Waals surface area contributed by atoms with Crippen molar-refractivity contribution < 1.29 is 19.1 Å². The van der Waals surface area contributed by atoms with E-state index in [9.17, 15) is 9.59 Å². The summed E-state index contributed by atoms with van der Waals surface area (Å²) >= 11 is 0. The molecule has 1 aromatic carbocycles. The molecule has 0 spiro atoms. The van der Waals surface area contributed by atoms with Crippen LogP contribution in [0.15, 0.2) is 24.3 Å². The largest absolute Gasteiger partial charge is 0.460 e. The fraction of sp³-hybridized carbons (Fsp3) is 0.579. The monoisotopic (exact) mass is 346 g/mol. The van der Waals surface area contributed by atoms with Gasteiger partial charge in [0.2, 0.25) is 5.91 Å². The van der Waals surface area contributed by atoms with E-state index in [0.717, 1.165) is 32.7 Å². The summed E-state index contributed by atoms with van der Waals surface area (Å²) in [5.74, 6) is 0.324. The van der Waals surface area contributed by atoms with Gasteiger partial charge in [0.1, 0.15) is 6.61 Å². The van der Waals surface area contributed by atoms with Crippen molar-refractivity contribution in [3.8, 4) is 0 Å². The number of morpholine rings is 1. The predicted octanol–water partition coefficient (Wildman–Crippen LogP) is 2.16. The molecule has 0 aromatic heterocycles. The second kappa shape index (κ2) is 7.97. The third-order valence-corrected chi connectivity index (χ3v) is 4.96. The Balaban J connectivity index is 1.46. The maximum Gasteiger partial charge on any atom is 0.338 e. The van der Waals surface area contributed by atoms with Crippen molar-refractivity contribution in [3.63, 3.8) is 0 Å². The number of amides is 1. The van der Waals surface area contributed by atoms with E-state index in [4.69, 9.17) is 9.47 Å². The second-order valence-corrected chi connectivity index (χ2v) is 6.98. The molecule has 1 amide bonds. The molecule has 1 N–H and O–H groups in total. The van der Waals surface area contributed by atoms with Crippen LogP contribution in [0.2, 0.25) is 0 Å². The van der Waals surface area contributed by atoms with Gasteiger partial charge in [-0.2, -0.15) is 0 Å². The lowest BCUT2D eigenvalue weighted by Crippen LogP contribution is -2.44. The minimum absolute atomic E-state index is 0.0576. The lowest BCUT2D eigenvalue weighted by atomic mass is 10.2. The molecule has 6 heteroatoms. The van der Waals surface area contributed by atoms with Gasteiger partial charge in [0.25, 0.3) is 0 Å². The van der Waals surface area contributed by atoms with Crippen LogP contribution in [0, 0.1) is 11.8 Å². The van der Waals surface area contributed by atoms with E-state index >= 15 is 0 Å². The van der Waals surface area contributed by atoms with Gasteiger partial charge in [-0.05, 0) is 43.5 Å². The molecule has 3 atom stereocenters. The standard InChI is InChI=1S/C19H26N2O4/c1-13-11-17(13)18(22)20-16-5-3-15(4-6-16)19(23)25-12-14(2)21-7-9-24-10-8-21/h3-6,13-14,17H,7-12H2,1-2H3,(H,20,22)/t13-,14+,17+/m1/s1. The number of nitrogens with zero attached hydrogens (tertiary/aromatic N) is 1. The van der Waals surface area contributed by atoms with E-state index in [0.29, 0.717) is 23.8 Å². The minimum atomic E-state index is -0.339. The number of nitrogens with one attached hydrogen (secondary N) is 1. The van der Waals surface area contributed by atoms with Crippen molar-refractivity contribution in [2.24, 2.45) is 11.8 Å². The highest BCUT2D eigenvalue weighted by Gasteiger charge is 2.39. The molecule has 2 aliphatic rings. The molecule has 25 heavy (non-hydrogen) atoms. The van der Waals surface area contributed by atoms with Crippen LogP contribution in [0.4, 0.5) is 5.69 Å². The second-order valence-electron chi connectivity index (χ2n) is 6.98. The summed E-state index contributed by atoms with van der Waals surface area (Å²) in [6, 6.07) is 7.04. The van der Waals surface area contributed by atoms with Crippen LogP contribution in [-0.2, 0) is 14.3 Å². The van der Waals surface area contributed by atoms with Gasteiger partial charge in [-0.15, -0.1) is 0 Å². The van der Waals surface area contributed by atoms with Crippen molar-refractivity contribution in [2.45, 2.75) is 26.3 Å². The van der Waals surface area contributed by atoms with Crippen molar-refractivity contribution in [2.75, 3.05) is 38.2 Å². The molecule has 0 radical (unpaired) electrons. The molecule has 3 rings (SSSR count). The van der Waals surface area contributed by atoms with Gasteiger partial charge in [-0.25, -0.2) is 4.79 Å². The highest BCUT2D eigenvalue weighted by Crippen LogP contribution is 2.38. The first-order valence-corrected chi connectivity index (χ1v) is 8.94. The number of hydrogen-bond acceptors (Lipinski definition) is 5. The Morgan fingerprint density at radius 2 is 1.92 bits per heavy atom. The molecule has 136 valence electrons. The molecule has 1 saturated carbocycles. The van der Waals surface area contributed by atoms with Gasteiger partial charge >= 0.3 is 5.97 Å². The normalized spacial score (nSPS) is 24.4. The Bertz CT molecular complexity index is 610. The Hall–Kier alpha value is -1.92. The predicted molar refractivity (Wildman–Crippen MR) is 94.5 cm³/mol. The molecule has 2 fully saturated rings. The van der Waals surface area contributed by atoms with Crippen LogP contribution in [-0.4, -0.2) is 55.7 Å². The summed E-state index contributed by atoms with van der Waals surface area (Å²) in [4.78, 5) is 26.3. The first kappa shape index (κ1) is 17.9. The SMILES string of the molecule is C[C@@H]1C[C@@H]1C(=O)Nc1ccc(C(=O)OC[C@H](C)N2CCOCC2)cc1. The summed E-state index contributed by atoms with van der Waals surface area (Å²) in [6.07, 6.45) is 0.956. The Kier molecular flexibility index (Phi) is 5.71. The molecular weight excluding hydrogens is 320 g/mol. The molecule has 0 unspecified atom stereocenters. The van der Waals surface area contributed by atoms with Gasteiger partial charge in [0.15, 0.2) is 0 Å². The van der Waals surface area contributed by atoms with Crippen LogP contribution < -0.4 is 5.32 Å². The highest BCUT2D eigenvalue weighted by atomic mass is 16.5. The molecule has 1 heterocycles. The lowest BCUT2D eigenvalue weighted by molar-refractivity contribution is -0.117. The highest BCUT2D eigenvalue weighted by molar-refractivity contribution is 5.95. The summed E-state index contributed by atoms with van der Waals surface area (Å²) in [5, 5.41) is 2.88. The Morgan fingerprint density at radius 3 is 2.52 bits per heavy atom. The smallest absolute Gasteiger partial charge is 0.338 e. The number of carbonyl (C=O) groups excluding carboxylic acids is 2. The van der Waals surface area contributed by atoms with Gasteiger partial charge in [0, 0.05) is 30.7 Å². The first-order chi connectivity index (χ1) is 12.0. The van der Waals surface area contributed by atoms with Gasteiger partial charge in [-0.1, -0.05) is 6.92 Å². The summed E-state index contributed by atoms with van der Waals surface area (Å²) < 4.78 is 10.7. The molecular formula is C19H26N2O4. The summed E-state index contributed by atoms with van der Waals surface area (Å²) in [5.41, 5.74) is 1.20. The van der Waals surface area contributed by atoms with E-state index in [2.05, 4.69) is 24.1 Å². The number of anilines is 1. The molecule has 1 aromatic rings. The molecule has 6 nitrogen and oxygen atoms in total. The zero-order valence-electron chi connectivity index (χ0n) is 14.9. The summed E-state index contributed by atoms with van der Waals surface area (Å²) in [6.45, 7) is 7.67. The fourth-order valence-corrected chi connectivity index (χ4v) is 3.02. The van der Waals surface area contributed by atoms with Gasteiger partial charge < -0.3 is 14.8 Å². The van der Waals surface area contributed by atoms with Crippen molar-refractivity contribution in [1.82, 2.24) is 4.90 Å². The zero-order valence-corrected chi connectivity index (χ0v) is 14.9. The molecule has 1 aliphatic carbocycles. The van der Waals surface area contributed by atoms with E-state index < -0.39 is 0 Å². The number of esters is 1. The number of ether oxygens (including phenoxy) is 2. The number of rotatable bonds is 6. The zero-order chi connectivity index (χ0) is 17.8. The Labute approximate surface area is 148 Å². The third-order valence-electron chi connectivity index (χ3n) is 4.96. The van der Waals surface area contributed by atoms with E-state index in [-0.39, 0.29) is 23.8 Å². The maximum atomic E-state index is 12.2. The summed E-state index contributed by atoms with van der Waals surface area (Å²) in [7, 11) is 0. The van der Waals surface area contributed by atoms with E-state index in [1.54, 1.807) is 24.3 Å².